The van der Waals surface area contributed by atoms with Crippen LogP contribution in [0.2, 0.25) is 0 Å². The SMILES string of the molecule is C1CCOCC1.C1CCOCC1.C1CCOCC1.C[C@@H]1CC[C@H]2[C@@H](C)C(=O)O[C@@H]3O[C@]4(C)CC[C@@H]1[C@]32OO4. The molecular weight excluding hydrogens is 488 g/mol. The summed E-state index contributed by atoms with van der Waals surface area (Å²) < 4.78 is 26.8. The van der Waals surface area contributed by atoms with Gasteiger partial charge < -0.3 is 23.7 Å². The first kappa shape index (κ1) is 30.2. The van der Waals surface area contributed by atoms with E-state index in [2.05, 4.69) is 6.92 Å². The van der Waals surface area contributed by atoms with E-state index < -0.39 is 17.7 Å². The van der Waals surface area contributed by atoms with Gasteiger partial charge in [0, 0.05) is 57.9 Å². The summed E-state index contributed by atoms with van der Waals surface area (Å²) in [6.45, 7) is 12.1. The lowest BCUT2D eigenvalue weighted by atomic mass is 9.58. The summed E-state index contributed by atoms with van der Waals surface area (Å²) in [5.74, 6) is -0.137. The van der Waals surface area contributed by atoms with Crippen LogP contribution in [0.3, 0.4) is 0 Å². The Morgan fingerprint density at radius 3 is 1.63 bits per heavy atom. The van der Waals surface area contributed by atoms with Crippen LogP contribution < -0.4 is 0 Å². The van der Waals surface area contributed by atoms with Gasteiger partial charge in [0.25, 0.3) is 0 Å². The quantitative estimate of drug-likeness (QED) is 0.275. The van der Waals surface area contributed by atoms with Gasteiger partial charge in [-0.2, -0.15) is 0 Å². The van der Waals surface area contributed by atoms with Gasteiger partial charge in [-0.05, 0) is 89.9 Å². The summed E-state index contributed by atoms with van der Waals surface area (Å²) in [6, 6.07) is 0. The molecule has 7 saturated heterocycles. The molecule has 8 rings (SSSR count). The molecule has 38 heavy (non-hydrogen) atoms. The third-order valence-corrected chi connectivity index (χ3v) is 9.21. The molecule has 0 N–H and O–H groups in total. The molecule has 8 nitrogen and oxygen atoms in total. The lowest BCUT2D eigenvalue weighted by Crippen LogP contribution is -2.69. The largest absolute Gasteiger partial charge is 0.432 e. The first-order valence-corrected chi connectivity index (χ1v) is 15.4. The van der Waals surface area contributed by atoms with E-state index in [9.17, 15) is 4.79 Å². The first-order valence-electron chi connectivity index (χ1n) is 15.4. The van der Waals surface area contributed by atoms with Crippen molar-refractivity contribution in [2.75, 3.05) is 39.6 Å². The molecule has 220 valence electrons. The zero-order valence-electron chi connectivity index (χ0n) is 24.1. The molecule has 1 aliphatic carbocycles. The lowest BCUT2D eigenvalue weighted by molar-refractivity contribution is -0.559. The second-order valence-corrected chi connectivity index (χ2v) is 12.2. The molecular formula is C30H52O8. The lowest BCUT2D eigenvalue weighted by Gasteiger charge is -2.57. The van der Waals surface area contributed by atoms with Gasteiger partial charge >= 0.3 is 5.97 Å². The van der Waals surface area contributed by atoms with Gasteiger partial charge in [0.1, 0.15) is 0 Å². The Balaban J connectivity index is 0.000000151. The standard InChI is InChI=1S/C15H22O5.3C5H10O/c1-8-4-5-11-9(2)12(16)17-13-15(11)10(8)6-7-14(3,18-13)19-20-15;3*1-2-4-6-5-3-1/h8-11,13H,4-7H2,1-3H3;3*1-5H2/t8-,9-,10+,11+,13-,14+,15-;;;/m1.../s1. The van der Waals surface area contributed by atoms with Gasteiger partial charge in [0.05, 0.1) is 5.92 Å². The highest BCUT2D eigenvalue weighted by atomic mass is 17.3. The van der Waals surface area contributed by atoms with Crippen LogP contribution in [0.5, 0.6) is 0 Å². The number of ether oxygens (including phenoxy) is 5. The molecule has 0 radical (unpaired) electrons. The van der Waals surface area contributed by atoms with Gasteiger partial charge in [-0.3, -0.25) is 4.79 Å². The Bertz CT molecular complexity index is 643. The molecule has 1 saturated carbocycles. The van der Waals surface area contributed by atoms with Crippen LogP contribution in [0.1, 0.15) is 104 Å². The predicted molar refractivity (Wildman–Crippen MR) is 142 cm³/mol. The monoisotopic (exact) mass is 540 g/mol. The number of esters is 1. The van der Waals surface area contributed by atoms with Gasteiger partial charge in [-0.15, -0.1) is 0 Å². The summed E-state index contributed by atoms with van der Waals surface area (Å²) in [7, 11) is 0. The van der Waals surface area contributed by atoms with Crippen LogP contribution in [0, 0.1) is 23.7 Å². The maximum atomic E-state index is 12.1. The Morgan fingerprint density at radius 2 is 1.18 bits per heavy atom. The van der Waals surface area contributed by atoms with E-state index in [1.807, 2.05) is 13.8 Å². The molecule has 0 aromatic rings. The van der Waals surface area contributed by atoms with Crippen molar-refractivity contribution in [3.8, 4) is 0 Å². The molecule has 7 aliphatic heterocycles. The van der Waals surface area contributed by atoms with Crippen LogP contribution in [0.4, 0.5) is 0 Å². The summed E-state index contributed by atoms with van der Waals surface area (Å²) >= 11 is 0. The summed E-state index contributed by atoms with van der Waals surface area (Å²) in [5.41, 5.74) is -0.610. The Hall–Kier alpha value is -0.770. The summed E-state index contributed by atoms with van der Waals surface area (Å²) in [4.78, 5) is 23.7. The molecule has 0 aromatic carbocycles. The number of rotatable bonds is 0. The Labute approximate surface area is 229 Å². The van der Waals surface area contributed by atoms with Crippen molar-refractivity contribution in [1.29, 1.82) is 0 Å². The van der Waals surface area contributed by atoms with Crippen LogP contribution in [-0.2, 0) is 38.3 Å². The molecule has 7 heterocycles. The molecule has 8 aliphatic rings. The highest BCUT2D eigenvalue weighted by Crippen LogP contribution is 2.59. The van der Waals surface area contributed by atoms with E-state index in [1.54, 1.807) is 0 Å². The van der Waals surface area contributed by atoms with Gasteiger partial charge in [0.2, 0.25) is 12.1 Å². The van der Waals surface area contributed by atoms with Gasteiger partial charge in [-0.1, -0.05) is 13.8 Å². The van der Waals surface area contributed by atoms with Crippen molar-refractivity contribution < 1.29 is 38.3 Å². The van der Waals surface area contributed by atoms with Crippen molar-refractivity contribution >= 4 is 5.97 Å². The minimum Gasteiger partial charge on any atom is -0.432 e. The Morgan fingerprint density at radius 1 is 0.658 bits per heavy atom. The zero-order chi connectivity index (χ0) is 26.8. The number of fused-ring (bicyclic) bond motifs is 2. The summed E-state index contributed by atoms with van der Waals surface area (Å²) in [6.07, 6.45) is 15.0. The molecule has 8 fully saturated rings. The van der Waals surface area contributed by atoms with Gasteiger partial charge in [0.15, 0.2) is 5.60 Å². The molecule has 2 bridgehead atoms. The van der Waals surface area contributed by atoms with Crippen LogP contribution >= 0.6 is 0 Å². The second kappa shape index (κ2) is 14.7. The minimum absolute atomic E-state index is 0.123. The van der Waals surface area contributed by atoms with Crippen LogP contribution in [-0.4, -0.2) is 63.3 Å². The summed E-state index contributed by atoms with van der Waals surface area (Å²) in [5, 5.41) is 0. The van der Waals surface area contributed by atoms with E-state index >= 15 is 0 Å². The van der Waals surface area contributed by atoms with Crippen molar-refractivity contribution in [3.05, 3.63) is 0 Å². The maximum Gasteiger partial charge on any atom is 0.311 e. The highest BCUT2D eigenvalue weighted by molar-refractivity contribution is 5.74. The number of hydrogen-bond acceptors (Lipinski definition) is 8. The van der Waals surface area contributed by atoms with Crippen molar-refractivity contribution in [2.45, 2.75) is 122 Å². The van der Waals surface area contributed by atoms with Crippen molar-refractivity contribution in [1.82, 2.24) is 0 Å². The number of carbonyl (C=O) groups excluding carboxylic acids is 1. The maximum absolute atomic E-state index is 12.1. The first-order chi connectivity index (χ1) is 18.5. The van der Waals surface area contributed by atoms with E-state index in [0.717, 1.165) is 65.3 Å². The molecule has 0 amide bonds. The average molecular weight is 541 g/mol. The van der Waals surface area contributed by atoms with Crippen molar-refractivity contribution in [2.24, 2.45) is 23.7 Å². The fourth-order valence-electron chi connectivity index (χ4n) is 6.82. The predicted octanol–water partition coefficient (Wildman–Crippen LogP) is 5.96. The average Bonchev–Trinajstić information content (AvgIpc) is 3.21. The molecule has 8 heteroatoms. The van der Waals surface area contributed by atoms with E-state index in [4.69, 9.17) is 33.5 Å². The minimum atomic E-state index is -0.793. The molecule has 0 aromatic heterocycles. The smallest absolute Gasteiger partial charge is 0.311 e. The van der Waals surface area contributed by atoms with Crippen LogP contribution in [0.25, 0.3) is 0 Å². The second-order valence-electron chi connectivity index (χ2n) is 12.2. The van der Waals surface area contributed by atoms with Gasteiger partial charge in [-0.25, -0.2) is 9.78 Å². The number of hydrogen-bond donors (Lipinski definition) is 0. The third-order valence-electron chi connectivity index (χ3n) is 9.21. The van der Waals surface area contributed by atoms with E-state index in [-0.39, 0.29) is 17.8 Å². The van der Waals surface area contributed by atoms with Crippen LogP contribution in [0.15, 0.2) is 0 Å². The van der Waals surface area contributed by atoms with E-state index in [1.165, 1.54) is 57.8 Å². The highest BCUT2D eigenvalue weighted by Gasteiger charge is 2.70. The topological polar surface area (TPSA) is 81.7 Å². The Kier molecular flexibility index (Phi) is 11.7. The van der Waals surface area contributed by atoms with Crippen molar-refractivity contribution in [3.63, 3.8) is 0 Å². The normalized spacial score (nSPS) is 41.8. The van der Waals surface area contributed by atoms with E-state index in [0.29, 0.717) is 11.8 Å². The zero-order valence-corrected chi connectivity index (χ0v) is 24.1. The third kappa shape index (κ3) is 7.49. The molecule has 1 spiro atoms. The molecule has 7 atom stereocenters. The fraction of sp³-hybridized carbons (Fsp3) is 0.967. The number of carbonyl (C=O) groups is 1. The fourth-order valence-corrected chi connectivity index (χ4v) is 6.82. The molecule has 0 unspecified atom stereocenters.